The normalized spacial score (nSPS) is 12.1. The topological polar surface area (TPSA) is 104 Å². The minimum Gasteiger partial charge on any atom is -0.494 e. The molecule has 3 heterocycles. The van der Waals surface area contributed by atoms with Crippen LogP contribution in [0.2, 0.25) is 0 Å². The predicted molar refractivity (Wildman–Crippen MR) is 109 cm³/mol. The zero-order chi connectivity index (χ0) is 20.5. The molecule has 0 saturated carbocycles. The monoisotopic (exact) mass is 410 g/mol. The van der Waals surface area contributed by atoms with Crippen LogP contribution in [0.25, 0.3) is 16.7 Å². The van der Waals surface area contributed by atoms with Gasteiger partial charge >= 0.3 is 0 Å². The highest BCUT2D eigenvalue weighted by Gasteiger charge is 2.16. The molecule has 29 heavy (non-hydrogen) atoms. The van der Waals surface area contributed by atoms with Crippen molar-refractivity contribution in [3.05, 3.63) is 54.6 Å². The average molecular weight is 410 g/mol. The first-order valence-corrected chi connectivity index (χ1v) is 9.82. The first-order chi connectivity index (χ1) is 14.0. The molecule has 0 bridgehead atoms. The summed E-state index contributed by atoms with van der Waals surface area (Å²) in [6.45, 7) is 1.48. The second kappa shape index (κ2) is 7.47. The predicted octanol–water partition coefficient (Wildman–Crippen LogP) is 2.50. The number of Topliss-reactive ketones (excluding diaryl/α,β-unsaturated/α-hetero) is 1. The molecule has 0 saturated heterocycles. The third-order valence-corrected chi connectivity index (χ3v) is 5.50. The number of fused-ring (bicyclic) bond motifs is 1. The molecule has 3 aromatic heterocycles. The summed E-state index contributed by atoms with van der Waals surface area (Å²) in [6.07, 6.45) is 6.33. The molecule has 1 atom stereocenters. The number of methoxy groups -OCH3 is 1. The highest BCUT2D eigenvalue weighted by Crippen LogP contribution is 2.33. The molecule has 10 heteroatoms. The summed E-state index contributed by atoms with van der Waals surface area (Å²) in [5, 5.41) is 9.28. The van der Waals surface area contributed by atoms with Crippen LogP contribution < -0.4 is 9.46 Å². The van der Waals surface area contributed by atoms with Gasteiger partial charge in [-0.1, -0.05) is 0 Å². The Balaban J connectivity index is 1.62. The molecule has 1 aromatic carbocycles. The minimum absolute atomic E-state index is 0.0727. The van der Waals surface area contributed by atoms with E-state index in [4.69, 9.17) is 4.74 Å². The van der Waals surface area contributed by atoms with E-state index in [9.17, 15) is 9.00 Å². The lowest BCUT2D eigenvalue weighted by Crippen LogP contribution is -2.09. The Morgan fingerprint density at radius 2 is 1.97 bits per heavy atom. The fraction of sp³-hybridized carbons (Fsp3) is 0.158. The number of nitrogens with zero attached hydrogens (tertiary/aromatic N) is 5. The first-order valence-electron chi connectivity index (χ1n) is 8.67. The van der Waals surface area contributed by atoms with Gasteiger partial charge in [0.05, 0.1) is 35.5 Å². The Bertz CT molecular complexity index is 1230. The molecular formula is C19H18N6O3S. The molecule has 9 nitrogen and oxygen atoms in total. The third kappa shape index (κ3) is 3.49. The van der Waals surface area contributed by atoms with Crippen LogP contribution in [0.4, 0.5) is 5.69 Å². The Hall–Kier alpha value is -3.53. The van der Waals surface area contributed by atoms with E-state index in [0.717, 1.165) is 10.9 Å². The average Bonchev–Trinajstić information content (AvgIpc) is 3.36. The maximum Gasteiger partial charge on any atom is 0.162 e. The number of hydrogen-bond donors (Lipinski definition) is 1. The van der Waals surface area contributed by atoms with Crippen LogP contribution in [-0.4, -0.2) is 41.6 Å². The molecule has 1 unspecified atom stereocenters. The molecule has 0 aliphatic rings. The number of ketones is 1. The molecular weight excluding hydrogens is 392 g/mol. The Morgan fingerprint density at radius 3 is 2.62 bits per heavy atom. The standard InChI is InChI=1S/C19H18N6O3S/c1-12(26)14-9-22-25(11-14)17-7-5-15(10-20-17)29(27)23-18-16(28-3)6-4-13-8-21-24(2)19(13)18/h4-11,23H,1-3H3. The molecule has 0 spiro atoms. The van der Waals surface area contributed by atoms with Gasteiger partial charge in [0.15, 0.2) is 22.6 Å². The van der Waals surface area contributed by atoms with Gasteiger partial charge in [-0.15, -0.1) is 0 Å². The maximum atomic E-state index is 12.9. The van der Waals surface area contributed by atoms with Gasteiger partial charge in [-0.05, 0) is 31.2 Å². The molecule has 0 aliphatic carbocycles. The fourth-order valence-corrected chi connectivity index (χ4v) is 3.76. The van der Waals surface area contributed by atoms with Gasteiger partial charge in [-0.2, -0.15) is 10.2 Å². The van der Waals surface area contributed by atoms with Gasteiger partial charge < -0.3 is 4.74 Å². The molecule has 148 valence electrons. The van der Waals surface area contributed by atoms with Crippen LogP contribution in [0, 0.1) is 0 Å². The number of hydrogen-bond acceptors (Lipinski definition) is 6. The highest BCUT2D eigenvalue weighted by atomic mass is 32.2. The smallest absolute Gasteiger partial charge is 0.162 e. The van der Waals surface area contributed by atoms with Crippen molar-refractivity contribution in [1.82, 2.24) is 24.5 Å². The summed E-state index contributed by atoms with van der Waals surface area (Å²) < 4.78 is 24.5. The molecule has 1 N–H and O–H groups in total. The Morgan fingerprint density at radius 1 is 1.14 bits per heavy atom. The number of aryl methyl sites for hydroxylation is 1. The summed E-state index contributed by atoms with van der Waals surface area (Å²) in [6, 6.07) is 7.07. The lowest BCUT2D eigenvalue weighted by Gasteiger charge is -2.13. The zero-order valence-electron chi connectivity index (χ0n) is 16.0. The van der Waals surface area contributed by atoms with Gasteiger partial charge in [0, 0.05) is 24.8 Å². The zero-order valence-corrected chi connectivity index (χ0v) is 16.8. The fourth-order valence-electron chi connectivity index (χ4n) is 2.92. The third-order valence-electron chi connectivity index (χ3n) is 4.44. The van der Waals surface area contributed by atoms with Crippen LogP contribution in [0.15, 0.2) is 53.9 Å². The van der Waals surface area contributed by atoms with Crippen molar-refractivity contribution in [2.75, 3.05) is 11.8 Å². The van der Waals surface area contributed by atoms with Gasteiger partial charge in [-0.3, -0.25) is 14.2 Å². The summed E-state index contributed by atoms with van der Waals surface area (Å²) in [4.78, 5) is 16.2. The van der Waals surface area contributed by atoms with E-state index in [1.54, 1.807) is 42.4 Å². The number of carbonyl (C=O) groups excluding carboxylic acids is 1. The SMILES string of the molecule is COc1ccc2cnn(C)c2c1NS(=O)c1ccc(-n2cc(C(C)=O)cn2)nc1. The molecule has 4 aromatic rings. The molecule has 0 fully saturated rings. The van der Waals surface area contributed by atoms with E-state index < -0.39 is 11.0 Å². The number of pyridine rings is 1. The van der Waals surface area contributed by atoms with Crippen LogP contribution in [0.1, 0.15) is 17.3 Å². The van der Waals surface area contributed by atoms with E-state index >= 15 is 0 Å². The van der Waals surface area contributed by atoms with Crippen molar-refractivity contribution in [2.24, 2.45) is 7.05 Å². The van der Waals surface area contributed by atoms with E-state index in [1.807, 2.05) is 13.1 Å². The van der Waals surface area contributed by atoms with E-state index in [0.29, 0.717) is 27.7 Å². The molecule has 0 radical (unpaired) electrons. The quantitative estimate of drug-likeness (QED) is 0.490. The molecule has 0 aliphatic heterocycles. The number of anilines is 1. The van der Waals surface area contributed by atoms with Gasteiger partial charge in [-0.25, -0.2) is 13.9 Å². The van der Waals surface area contributed by atoms with Crippen LogP contribution in [-0.2, 0) is 18.0 Å². The van der Waals surface area contributed by atoms with Crippen molar-refractivity contribution < 1.29 is 13.7 Å². The number of rotatable bonds is 6. The largest absolute Gasteiger partial charge is 0.494 e. The second-order valence-corrected chi connectivity index (χ2v) is 7.51. The number of ether oxygens (including phenoxy) is 1. The van der Waals surface area contributed by atoms with Gasteiger partial charge in [0.2, 0.25) is 0 Å². The van der Waals surface area contributed by atoms with Gasteiger partial charge in [0.1, 0.15) is 11.4 Å². The number of carbonyl (C=O) groups is 1. The molecule has 0 amide bonds. The number of aromatic nitrogens is 5. The van der Waals surface area contributed by atoms with Crippen molar-refractivity contribution in [3.8, 4) is 11.6 Å². The van der Waals surface area contributed by atoms with Crippen molar-refractivity contribution >= 4 is 33.4 Å². The second-order valence-electron chi connectivity index (χ2n) is 6.30. The maximum absolute atomic E-state index is 12.9. The highest BCUT2D eigenvalue weighted by molar-refractivity contribution is 7.86. The molecule has 4 rings (SSSR count). The van der Waals surface area contributed by atoms with Crippen molar-refractivity contribution in [3.63, 3.8) is 0 Å². The minimum atomic E-state index is -1.58. The summed E-state index contributed by atoms with van der Waals surface area (Å²) >= 11 is 0. The van der Waals surface area contributed by atoms with E-state index in [1.165, 1.54) is 24.0 Å². The van der Waals surface area contributed by atoms with Crippen LogP contribution in [0.3, 0.4) is 0 Å². The van der Waals surface area contributed by atoms with Gasteiger partial charge in [0.25, 0.3) is 0 Å². The lowest BCUT2D eigenvalue weighted by molar-refractivity contribution is 0.101. The van der Waals surface area contributed by atoms with Crippen molar-refractivity contribution in [2.45, 2.75) is 11.8 Å². The van der Waals surface area contributed by atoms with Crippen LogP contribution in [0.5, 0.6) is 5.75 Å². The van der Waals surface area contributed by atoms with Crippen molar-refractivity contribution in [1.29, 1.82) is 0 Å². The Labute approximate surface area is 168 Å². The van der Waals surface area contributed by atoms with E-state index in [2.05, 4.69) is 19.9 Å². The summed E-state index contributed by atoms with van der Waals surface area (Å²) in [7, 11) is 1.79. The van der Waals surface area contributed by atoms with E-state index in [-0.39, 0.29) is 5.78 Å². The summed E-state index contributed by atoms with van der Waals surface area (Å²) in [5.41, 5.74) is 1.87. The number of nitrogens with one attached hydrogen (secondary N) is 1. The summed E-state index contributed by atoms with van der Waals surface area (Å²) in [5.74, 6) is 1.01. The Kier molecular flexibility index (Phi) is 4.85. The van der Waals surface area contributed by atoms with Crippen LogP contribution >= 0.6 is 0 Å². The lowest BCUT2D eigenvalue weighted by atomic mass is 10.2. The number of benzene rings is 1. The first kappa shape index (κ1) is 18.8.